The third-order valence-corrected chi connectivity index (χ3v) is 2.67. The number of benzene rings is 1. The first-order chi connectivity index (χ1) is 7.50. The van der Waals surface area contributed by atoms with Crippen LogP contribution in [0.5, 0.6) is 0 Å². The molecule has 0 aromatic heterocycles. The van der Waals surface area contributed by atoms with Crippen molar-refractivity contribution in [2.45, 2.75) is 19.9 Å². The summed E-state index contributed by atoms with van der Waals surface area (Å²) in [6.07, 6.45) is 0. The molecule has 1 N–H and O–H groups in total. The summed E-state index contributed by atoms with van der Waals surface area (Å²) in [6.45, 7) is 3.78. The molecule has 0 saturated heterocycles. The summed E-state index contributed by atoms with van der Waals surface area (Å²) >= 11 is 0. The molecule has 0 aliphatic carbocycles. The minimum Gasteiger partial charge on any atom is -0.381 e. The van der Waals surface area contributed by atoms with E-state index in [1.807, 2.05) is 6.92 Å². The van der Waals surface area contributed by atoms with Gasteiger partial charge in [0.05, 0.1) is 17.4 Å². The number of nitrogens with zero attached hydrogens (tertiary/aromatic N) is 1. The topological polar surface area (TPSA) is 32.3 Å². The number of halogens is 2. The number of fused-ring (bicyclic) bond motifs is 1. The van der Waals surface area contributed by atoms with Crippen molar-refractivity contribution in [3.8, 4) is 0 Å². The van der Waals surface area contributed by atoms with Gasteiger partial charge in [0.25, 0.3) is 0 Å². The van der Waals surface area contributed by atoms with E-state index in [2.05, 4.69) is 5.32 Å². The Morgan fingerprint density at radius 2 is 2.06 bits per heavy atom. The van der Waals surface area contributed by atoms with Gasteiger partial charge in [0.2, 0.25) is 5.91 Å². The van der Waals surface area contributed by atoms with Gasteiger partial charge in [-0.3, -0.25) is 4.79 Å². The van der Waals surface area contributed by atoms with Crippen molar-refractivity contribution < 1.29 is 13.6 Å². The first kappa shape index (κ1) is 10.9. The minimum absolute atomic E-state index is 0.0742. The third-order valence-electron chi connectivity index (χ3n) is 2.67. The van der Waals surface area contributed by atoms with Crippen molar-refractivity contribution in [3.05, 3.63) is 23.8 Å². The summed E-state index contributed by atoms with van der Waals surface area (Å²) in [5.74, 6) is -2.04. The van der Waals surface area contributed by atoms with E-state index in [9.17, 15) is 13.6 Å². The molecule has 1 aliphatic heterocycles. The van der Waals surface area contributed by atoms with Gasteiger partial charge in [0.15, 0.2) is 11.6 Å². The van der Waals surface area contributed by atoms with Crippen LogP contribution in [0.4, 0.5) is 20.2 Å². The van der Waals surface area contributed by atoms with Crippen LogP contribution in [-0.4, -0.2) is 18.5 Å². The van der Waals surface area contributed by atoms with E-state index in [-0.39, 0.29) is 11.9 Å². The number of amides is 1. The summed E-state index contributed by atoms with van der Waals surface area (Å²) in [5.41, 5.74) is 0.845. The van der Waals surface area contributed by atoms with Crippen molar-refractivity contribution in [2.75, 3.05) is 16.8 Å². The number of anilines is 2. The Hall–Kier alpha value is -1.65. The van der Waals surface area contributed by atoms with Crippen LogP contribution in [0.3, 0.4) is 0 Å². The van der Waals surface area contributed by atoms with Gasteiger partial charge >= 0.3 is 0 Å². The molecule has 0 fully saturated rings. The highest BCUT2D eigenvalue weighted by atomic mass is 19.2. The number of hydrogen-bond acceptors (Lipinski definition) is 2. The van der Waals surface area contributed by atoms with Gasteiger partial charge in [-0.2, -0.15) is 0 Å². The first-order valence-corrected chi connectivity index (χ1v) is 5.03. The second kappa shape index (κ2) is 3.73. The molecule has 0 unspecified atom stereocenters. The zero-order chi connectivity index (χ0) is 11.9. The molecule has 2 rings (SSSR count). The van der Waals surface area contributed by atoms with Crippen molar-refractivity contribution in [2.24, 2.45) is 0 Å². The number of carbonyl (C=O) groups excluding carboxylic acids is 1. The average Bonchev–Trinajstić information content (AvgIpc) is 2.20. The first-order valence-electron chi connectivity index (χ1n) is 5.03. The standard InChI is InChI=1S/C11H12F2N2O/c1-6-5-14-10-3-8(12)9(13)4-11(10)15(6)7(2)16/h3-4,6,14H,5H2,1-2H3/t6-/m0/s1. The van der Waals surface area contributed by atoms with Crippen molar-refractivity contribution in [3.63, 3.8) is 0 Å². The van der Waals surface area contributed by atoms with Crippen LogP contribution in [0.15, 0.2) is 12.1 Å². The fourth-order valence-electron chi connectivity index (χ4n) is 1.94. The van der Waals surface area contributed by atoms with E-state index in [1.54, 1.807) is 0 Å². The molecular formula is C11H12F2N2O. The van der Waals surface area contributed by atoms with E-state index in [0.717, 1.165) is 12.1 Å². The molecule has 1 heterocycles. The molecule has 0 saturated carbocycles. The number of nitrogens with one attached hydrogen (secondary N) is 1. The second-order valence-electron chi connectivity index (χ2n) is 3.90. The summed E-state index contributed by atoms with van der Waals surface area (Å²) < 4.78 is 26.1. The average molecular weight is 226 g/mol. The fourth-order valence-corrected chi connectivity index (χ4v) is 1.94. The molecular weight excluding hydrogens is 214 g/mol. The normalized spacial score (nSPS) is 19.0. The molecule has 0 radical (unpaired) electrons. The zero-order valence-electron chi connectivity index (χ0n) is 9.05. The Bertz CT molecular complexity index is 448. The Kier molecular flexibility index (Phi) is 2.53. The maximum Gasteiger partial charge on any atom is 0.224 e. The van der Waals surface area contributed by atoms with Gasteiger partial charge in [0.1, 0.15) is 0 Å². The van der Waals surface area contributed by atoms with E-state index in [0.29, 0.717) is 17.9 Å². The molecule has 1 atom stereocenters. The molecule has 1 aromatic rings. The summed E-state index contributed by atoms with van der Waals surface area (Å²) in [6, 6.07) is 2.05. The monoisotopic (exact) mass is 226 g/mol. The molecule has 0 bridgehead atoms. The van der Waals surface area contributed by atoms with Gasteiger partial charge in [-0.05, 0) is 6.92 Å². The second-order valence-corrected chi connectivity index (χ2v) is 3.90. The largest absolute Gasteiger partial charge is 0.381 e. The fraction of sp³-hybridized carbons (Fsp3) is 0.364. The highest BCUT2D eigenvalue weighted by molar-refractivity contribution is 5.96. The molecule has 1 amide bonds. The van der Waals surface area contributed by atoms with E-state index in [1.165, 1.54) is 11.8 Å². The molecule has 86 valence electrons. The number of hydrogen-bond donors (Lipinski definition) is 1. The van der Waals surface area contributed by atoms with Gasteiger partial charge in [-0.1, -0.05) is 0 Å². The van der Waals surface area contributed by atoms with Crippen LogP contribution in [0.2, 0.25) is 0 Å². The lowest BCUT2D eigenvalue weighted by Gasteiger charge is -2.35. The lowest BCUT2D eigenvalue weighted by molar-refractivity contribution is -0.116. The Labute approximate surface area is 92.1 Å². The van der Waals surface area contributed by atoms with Crippen LogP contribution in [-0.2, 0) is 4.79 Å². The quantitative estimate of drug-likeness (QED) is 0.735. The van der Waals surface area contributed by atoms with E-state index < -0.39 is 11.6 Å². The maximum atomic E-state index is 13.1. The Morgan fingerprint density at radius 1 is 1.44 bits per heavy atom. The molecule has 1 aromatic carbocycles. The predicted octanol–water partition coefficient (Wildman–Crippen LogP) is 2.13. The molecule has 1 aliphatic rings. The van der Waals surface area contributed by atoms with E-state index >= 15 is 0 Å². The molecule has 3 nitrogen and oxygen atoms in total. The number of carbonyl (C=O) groups is 1. The van der Waals surface area contributed by atoms with Crippen LogP contribution in [0, 0.1) is 11.6 Å². The van der Waals surface area contributed by atoms with Crippen LogP contribution >= 0.6 is 0 Å². The summed E-state index contributed by atoms with van der Waals surface area (Å²) in [5, 5.41) is 2.96. The van der Waals surface area contributed by atoms with Crippen molar-refractivity contribution in [1.29, 1.82) is 0 Å². The van der Waals surface area contributed by atoms with Crippen LogP contribution in [0.25, 0.3) is 0 Å². The lowest BCUT2D eigenvalue weighted by atomic mass is 10.1. The zero-order valence-corrected chi connectivity index (χ0v) is 9.05. The number of rotatable bonds is 0. The molecule has 5 heteroatoms. The highest BCUT2D eigenvalue weighted by Crippen LogP contribution is 2.33. The van der Waals surface area contributed by atoms with Gasteiger partial charge in [-0.25, -0.2) is 8.78 Å². The van der Waals surface area contributed by atoms with Gasteiger partial charge in [0, 0.05) is 25.6 Å². The Morgan fingerprint density at radius 3 is 2.69 bits per heavy atom. The van der Waals surface area contributed by atoms with Gasteiger partial charge < -0.3 is 10.2 Å². The maximum absolute atomic E-state index is 13.1. The van der Waals surface area contributed by atoms with Crippen LogP contribution < -0.4 is 10.2 Å². The Balaban J connectivity index is 2.55. The smallest absolute Gasteiger partial charge is 0.224 e. The van der Waals surface area contributed by atoms with Crippen LogP contribution in [0.1, 0.15) is 13.8 Å². The van der Waals surface area contributed by atoms with Crippen molar-refractivity contribution in [1.82, 2.24) is 0 Å². The molecule has 0 spiro atoms. The summed E-state index contributed by atoms with van der Waals surface area (Å²) in [4.78, 5) is 12.9. The minimum atomic E-state index is -0.944. The summed E-state index contributed by atoms with van der Waals surface area (Å²) in [7, 11) is 0. The third kappa shape index (κ3) is 1.62. The van der Waals surface area contributed by atoms with Crippen molar-refractivity contribution >= 4 is 17.3 Å². The van der Waals surface area contributed by atoms with Gasteiger partial charge in [-0.15, -0.1) is 0 Å². The SMILES string of the molecule is CC(=O)N1c2cc(F)c(F)cc2NC[C@@H]1C. The highest BCUT2D eigenvalue weighted by Gasteiger charge is 2.27. The molecule has 16 heavy (non-hydrogen) atoms. The predicted molar refractivity (Wildman–Crippen MR) is 57.5 cm³/mol. The lowest BCUT2D eigenvalue weighted by Crippen LogP contribution is -2.45. The van der Waals surface area contributed by atoms with E-state index in [4.69, 9.17) is 0 Å².